The summed E-state index contributed by atoms with van der Waals surface area (Å²) in [6.45, 7) is 5.98. The summed E-state index contributed by atoms with van der Waals surface area (Å²) in [5.41, 5.74) is 2.45. The second kappa shape index (κ2) is 5.16. The van der Waals surface area contributed by atoms with Gasteiger partial charge < -0.3 is 19.5 Å². The number of benzene rings is 1. The molecule has 0 saturated carbocycles. The first-order valence-corrected chi connectivity index (χ1v) is 6.64. The Morgan fingerprint density at radius 2 is 2.11 bits per heavy atom. The first-order chi connectivity index (χ1) is 8.90. The average molecular weight is 249 g/mol. The van der Waals surface area contributed by atoms with E-state index in [9.17, 15) is 0 Å². The van der Waals surface area contributed by atoms with Gasteiger partial charge in [-0.2, -0.15) is 0 Å². The van der Waals surface area contributed by atoms with Crippen molar-refractivity contribution in [2.24, 2.45) is 0 Å². The van der Waals surface area contributed by atoms with Crippen molar-refractivity contribution >= 4 is 0 Å². The first-order valence-electron chi connectivity index (χ1n) is 6.64. The van der Waals surface area contributed by atoms with Crippen molar-refractivity contribution in [3.8, 4) is 11.5 Å². The Bertz CT molecular complexity index is 427. The number of morpholine rings is 1. The Morgan fingerprint density at radius 1 is 1.22 bits per heavy atom. The molecule has 1 aromatic carbocycles. The molecule has 18 heavy (non-hydrogen) atoms. The Hall–Kier alpha value is -1.26. The van der Waals surface area contributed by atoms with E-state index in [0.29, 0.717) is 13.2 Å². The lowest BCUT2D eigenvalue weighted by atomic mass is 9.97. The van der Waals surface area contributed by atoms with Crippen LogP contribution in [0.1, 0.15) is 24.2 Å². The Labute approximate surface area is 107 Å². The van der Waals surface area contributed by atoms with Gasteiger partial charge in [0.15, 0.2) is 11.5 Å². The molecule has 0 bridgehead atoms. The molecule has 4 heteroatoms. The lowest BCUT2D eigenvalue weighted by Crippen LogP contribution is -2.34. The van der Waals surface area contributed by atoms with E-state index in [1.165, 1.54) is 11.1 Å². The van der Waals surface area contributed by atoms with Crippen molar-refractivity contribution < 1.29 is 14.2 Å². The van der Waals surface area contributed by atoms with E-state index in [2.05, 4.69) is 18.3 Å². The maximum absolute atomic E-state index is 5.84. The number of nitrogens with one attached hydrogen (secondary N) is 1. The summed E-state index contributed by atoms with van der Waals surface area (Å²) >= 11 is 0. The van der Waals surface area contributed by atoms with Crippen LogP contribution in [-0.2, 0) is 11.2 Å². The second-order valence-electron chi connectivity index (χ2n) is 4.57. The van der Waals surface area contributed by atoms with Crippen molar-refractivity contribution in [1.29, 1.82) is 0 Å². The predicted octanol–water partition coefficient (Wildman–Crippen LogP) is 1.68. The Morgan fingerprint density at radius 3 is 2.89 bits per heavy atom. The molecule has 1 atom stereocenters. The van der Waals surface area contributed by atoms with E-state index in [1.807, 2.05) is 6.07 Å². The van der Waals surface area contributed by atoms with Gasteiger partial charge in [0.1, 0.15) is 13.2 Å². The highest BCUT2D eigenvalue weighted by Crippen LogP contribution is 2.39. The highest BCUT2D eigenvalue weighted by Gasteiger charge is 2.24. The third kappa shape index (κ3) is 2.06. The molecule has 4 nitrogen and oxygen atoms in total. The molecule has 1 fully saturated rings. The molecule has 98 valence electrons. The summed E-state index contributed by atoms with van der Waals surface area (Å²) in [4.78, 5) is 0. The van der Waals surface area contributed by atoms with Crippen molar-refractivity contribution in [3.63, 3.8) is 0 Å². The van der Waals surface area contributed by atoms with Crippen LogP contribution in [0.4, 0.5) is 0 Å². The number of hydrogen-bond acceptors (Lipinski definition) is 4. The lowest BCUT2D eigenvalue weighted by molar-refractivity contribution is 0.0268. The fourth-order valence-electron chi connectivity index (χ4n) is 2.62. The molecular weight excluding hydrogens is 230 g/mol. The van der Waals surface area contributed by atoms with Gasteiger partial charge in [0.2, 0.25) is 0 Å². The maximum Gasteiger partial charge on any atom is 0.164 e. The van der Waals surface area contributed by atoms with Gasteiger partial charge in [-0.1, -0.05) is 13.0 Å². The standard InChI is InChI=1S/C14H19NO3/c1-2-10-11(13-9-15-5-6-16-13)3-4-12-14(10)18-8-7-17-12/h3-4,13,15H,2,5-9H2,1H3. The minimum Gasteiger partial charge on any atom is -0.486 e. The number of ether oxygens (including phenoxy) is 3. The van der Waals surface area contributed by atoms with E-state index >= 15 is 0 Å². The van der Waals surface area contributed by atoms with Crippen LogP contribution >= 0.6 is 0 Å². The van der Waals surface area contributed by atoms with E-state index in [0.717, 1.165) is 37.6 Å². The van der Waals surface area contributed by atoms with Crippen molar-refractivity contribution in [3.05, 3.63) is 23.3 Å². The van der Waals surface area contributed by atoms with E-state index in [1.54, 1.807) is 0 Å². The highest BCUT2D eigenvalue weighted by atomic mass is 16.6. The van der Waals surface area contributed by atoms with Gasteiger partial charge in [-0.15, -0.1) is 0 Å². The number of hydrogen-bond donors (Lipinski definition) is 1. The van der Waals surface area contributed by atoms with Crippen LogP contribution in [0.3, 0.4) is 0 Å². The molecule has 2 aliphatic heterocycles. The molecule has 1 aromatic rings. The Balaban J connectivity index is 1.98. The van der Waals surface area contributed by atoms with Crippen LogP contribution in [0.2, 0.25) is 0 Å². The summed E-state index contributed by atoms with van der Waals surface area (Å²) in [6.07, 6.45) is 1.06. The quantitative estimate of drug-likeness (QED) is 0.865. The molecule has 2 aliphatic rings. The van der Waals surface area contributed by atoms with Crippen LogP contribution in [0.25, 0.3) is 0 Å². The number of rotatable bonds is 2. The normalized spacial score (nSPS) is 22.8. The molecule has 2 heterocycles. The molecule has 1 N–H and O–H groups in total. The molecule has 1 saturated heterocycles. The van der Waals surface area contributed by atoms with Crippen molar-refractivity contribution in [2.75, 3.05) is 32.9 Å². The van der Waals surface area contributed by atoms with Crippen LogP contribution in [0.5, 0.6) is 11.5 Å². The molecule has 3 rings (SSSR count). The van der Waals surface area contributed by atoms with Gasteiger partial charge >= 0.3 is 0 Å². The molecule has 0 aromatic heterocycles. The summed E-state index contributed by atoms with van der Waals surface area (Å²) in [5.74, 6) is 1.78. The largest absolute Gasteiger partial charge is 0.486 e. The van der Waals surface area contributed by atoms with Crippen LogP contribution in [-0.4, -0.2) is 32.9 Å². The summed E-state index contributed by atoms with van der Waals surface area (Å²) in [6, 6.07) is 4.12. The topological polar surface area (TPSA) is 39.7 Å². The smallest absolute Gasteiger partial charge is 0.164 e. The van der Waals surface area contributed by atoms with Crippen LogP contribution < -0.4 is 14.8 Å². The molecular formula is C14H19NO3. The van der Waals surface area contributed by atoms with Crippen molar-refractivity contribution in [2.45, 2.75) is 19.4 Å². The summed E-state index contributed by atoms with van der Waals surface area (Å²) < 4.78 is 17.2. The molecule has 0 spiro atoms. The third-order valence-electron chi connectivity index (χ3n) is 3.48. The second-order valence-corrected chi connectivity index (χ2v) is 4.57. The minimum atomic E-state index is 0.129. The SMILES string of the molecule is CCc1c(C2CNCCO2)ccc2c1OCCO2. The fraction of sp³-hybridized carbons (Fsp3) is 0.571. The monoisotopic (exact) mass is 249 g/mol. The molecule has 1 unspecified atom stereocenters. The highest BCUT2D eigenvalue weighted by molar-refractivity contribution is 5.52. The van der Waals surface area contributed by atoms with Gasteiger partial charge in [-0.05, 0) is 18.1 Å². The molecule has 0 amide bonds. The van der Waals surface area contributed by atoms with E-state index in [4.69, 9.17) is 14.2 Å². The van der Waals surface area contributed by atoms with Gasteiger partial charge in [-0.3, -0.25) is 0 Å². The van der Waals surface area contributed by atoms with Gasteiger partial charge in [0.05, 0.1) is 12.7 Å². The number of fused-ring (bicyclic) bond motifs is 1. The van der Waals surface area contributed by atoms with Gasteiger partial charge in [0, 0.05) is 18.7 Å². The van der Waals surface area contributed by atoms with E-state index < -0.39 is 0 Å². The summed E-state index contributed by atoms with van der Waals surface area (Å²) in [7, 11) is 0. The van der Waals surface area contributed by atoms with Gasteiger partial charge in [0.25, 0.3) is 0 Å². The summed E-state index contributed by atoms with van der Waals surface area (Å²) in [5, 5.41) is 3.37. The minimum absolute atomic E-state index is 0.129. The zero-order valence-corrected chi connectivity index (χ0v) is 10.7. The van der Waals surface area contributed by atoms with Crippen LogP contribution in [0, 0.1) is 0 Å². The first kappa shape index (κ1) is 11.8. The van der Waals surface area contributed by atoms with E-state index in [-0.39, 0.29) is 6.10 Å². The lowest BCUT2D eigenvalue weighted by Gasteiger charge is -2.28. The molecule has 0 aliphatic carbocycles. The maximum atomic E-state index is 5.84. The van der Waals surface area contributed by atoms with Crippen LogP contribution in [0.15, 0.2) is 12.1 Å². The third-order valence-corrected chi connectivity index (χ3v) is 3.48. The molecule has 0 radical (unpaired) electrons. The zero-order valence-electron chi connectivity index (χ0n) is 10.7. The predicted molar refractivity (Wildman–Crippen MR) is 68.4 cm³/mol. The average Bonchev–Trinajstić information content (AvgIpc) is 2.47. The fourth-order valence-corrected chi connectivity index (χ4v) is 2.62. The zero-order chi connectivity index (χ0) is 12.4. The van der Waals surface area contributed by atoms with Crippen molar-refractivity contribution in [1.82, 2.24) is 5.32 Å². The Kier molecular flexibility index (Phi) is 3.39. The van der Waals surface area contributed by atoms with Gasteiger partial charge in [-0.25, -0.2) is 0 Å².